The lowest BCUT2D eigenvalue weighted by molar-refractivity contribution is -0.111. The van der Waals surface area contributed by atoms with Crippen molar-refractivity contribution in [3.63, 3.8) is 0 Å². The highest BCUT2D eigenvalue weighted by atomic mass is 32.2. The molecule has 1 saturated carbocycles. The summed E-state index contributed by atoms with van der Waals surface area (Å²) in [7, 11) is 0.0221. The van der Waals surface area contributed by atoms with Gasteiger partial charge in [-0.15, -0.1) is 0 Å². The van der Waals surface area contributed by atoms with Gasteiger partial charge in [-0.2, -0.15) is 0 Å². The van der Waals surface area contributed by atoms with E-state index in [4.69, 9.17) is 0 Å². The number of carbonyl (C=O) groups is 2. The van der Waals surface area contributed by atoms with Crippen LogP contribution < -0.4 is 15.5 Å². The number of carboxylic acid groups (broad SMARTS) is 1. The van der Waals surface area contributed by atoms with Gasteiger partial charge in [-0.3, -0.25) is 4.79 Å². The lowest BCUT2D eigenvalue weighted by atomic mass is 9.57. The fourth-order valence-corrected chi connectivity index (χ4v) is 11.2. The quantitative estimate of drug-likeness (QED) is 0.160. The normalized spacial score (nSPS) is 22.3. The molecular weight excluding hydrogens is 744 g/mol. The van der Waals surface area contributed by atoms with Gasteiger partial charge < -0.3 is 35.3 Å². The van der Waals surface area contributed by atoms with E-state index in [-0.39, 0.29) is 38.9 Å². The van der Waals surface area contributed by atoms with Crippen LogP contribution in [0.5, 0.6) is 0 Å². The molecule has 0 aromatic heterocycles. The SMILES string of the molecule is CN(C)C/C=C/C(=O)Nc1cccc(S(=O)(=O)c2ccc(N3CC(CN4CCC([C@@](CN5CCC5)(c5cccc(F)c5)[C@H]5CCC[C@@H]5NC(=O)O)CC4)C3)cc2)c1. The molecule has 3 aliphatic heterocycles. The number of benzene rings is 3. The minimum absolute atomic E-state index is 0.104. The Morgan fingerprint density at radius 2 is 1.63 bits per heavy atom. The fraction of sp³-hybridized carbons (Fsp3) is 0.500. The highest BCUT2D eigenvalue weighted by Crippen LogP contribution is 2.51. The van der Waals surface area contributed by atoms with E-state index in [0.29, 0.717) is 24.1 Å². The Kier molecular flexibility index (Phi) is 12.7. The Balaban J connectivity index is 0.960. The summed E-state index contributed by atoms with van der Waals surface area (Å²) < 4.78 is 42.0. The third-order valence-corrected chi connectivity index (χ3v) is 14.5. The Labute approximate surface area is 336 Å². The van der Waals surface area contributed by atoms with Gasteiger partial charge in [0.25, 0.3) is 0 Å². The number of piperidine rings is 1. The molecule has 3 aromatic carbocycles. The van der Waals surface area contributed by atoms with E-state index in [1.807, 2.05) is 37.2 Å². The van der Waals surface area contributed by atoms with Gasteiger partial charge in [0.05, 0.1) is 9.79 Å². The number of anilines is 2. The predicted molar refractivity (Wildman–Crippen MR) is 221 cm³/mol. The van der Waals surface area contributed by atoms with Crippen LogP contribution in [0.3, 0.4) is 0 Å². The summed E-state index contributed by atoms with van der Waals surface area (Å²) in [6.07, 6.45) is 8.04. The minimum Gasteiger partial charge on any atom is -0.465 e. The Hall–Kier alpha value is -4.30. The molecular formula is C44H57FN6O5S. The number of carbonyl (C=O) groups excluding carboxylic acids is 1. The van der Waals surface area contributed by atoms with Crippen LogP contribution in [0.25, 0.3) is 0 Å². The van der Waals surface area contributed by atoms with Crippen molar-refractivity contribution in [1.29, 1.82) is 0 Å². The van der Waals surface area contributed by atoms with E-state index in [0.717, 1.165) is 102 Å². The van der Waals surface area contributed by atoms with E-state index < -0.39 is 15.9 Å². The molecule has 3 saturated heterocycles. The van der Waals surface area contributed by atoms with Crippen LogP contribution in [0.4, 0.5) is 20.6 Å². The van der Waals surface area contributed by atoms with Gasteiger partial charge in [0.2, 0.25) is 15.7 Å². The Morgan fingerprint density at radius 1 is 0.895 bits per heavy atom. The second-order valence-corrected chi connectivity index (χ2v) is 18.7. The first-order chi connectivity index (χ1) is 27.4. The third-order valence-electron chi connectivity index (χ3n) is 12.7. The van der Waals surface area contributed by atoms with E-state index in [2.05, 4.69) is 31.4 Å². The standard InChI is InChI=1S/C44H57FN6O5S/c1-48(2)21-6-14-42(52)46-36-10-4-11-39(27-36)57(55,56)38-17-15-37(16-18-38)51-29-32(30-51)28-49-24-19-33(20-25-49)44(31-50-22-7-23-50,34-8-3-9-35(45)26-34)40-12-5-13-41(40)47-43(53)54/h3-4,6,8-11,14-18,26-27,32-33,40-41,47H,5,7,12-13,19-25,28-31H2,1-2H3,(H,46,52)(H,53,54)/b14-6+/t40-,41-,44-/m0/s1. The number of hydrogen-bond donors (Lipinski definition) is 3. The monoisotopic (exact) mass is 800 g/mol. The van der Waals surface area contributed by atoms with Gasteiger partial charge in [0.15, 0.2) is 0 Å². The number of nitrogens with zero attached hydrogens (tertiary/aromatic N) is 4. The molecule has 4 fully saturated rings. The van der Waals surface area contributed by atoms with Gasteiger partial charge in [-0.05, 0) is 144 Å². The summed E-state index contributed by atoms with van der Waals surface area (Å²) in [4.78, 5) is 33.8. The molecule has 3 atom stereocenters. The molecule has 57 heavy (non-hydrogen) atoms. The molecule has 2 amide bonds. The molecule has 3 N–H and O–H groups in total. The molecule has 1 aliphatic carbocycles. The predicted octanol–water partition coefficient (Wildman–Crippen LogP) is 5.94. The molecule has 3 aromatic rings. The number of hydrogen-bond acceptors (Lipinski definition) is 8. The van der Waals surface area contributed by atoms with Crippen LogP contribution >= 0.6 is 0 Å². The van der Waals surface area contributed by atoms with Crippen LogP contribution in [-0.2, 0) is 20.0 Å². The van der Waals surface area contributed by atoms with Gasteiger partial charge >= 0.3 is 6.09 Å². The van der Waals surface area contributed by atoms with Crippen molar-refractivity contribution in [1.82, 2.24) is 20.0 Å². The van der Waals surface area contributed by atoms with Gasteiger partial charge in [0.1, 0.15) is 5.82 Å². The second kappa shape index (κ2) is 17.7. The Bertz CT molecular complexity index is 2010. The van der Waals surface area contributed by atoms with Crippen LogP contribution in [0.1, 0.15) is 44.1 Å². The zero-order valence-corrected chi connectivity index (χ0v) is 34.0. The maximum atomic E-state index is 15.0. The molecule has 0 unspecified atom stereocenters. The van der Waals surface area contributed by atoms with E-state index >= 15 is 0 Å². The van der Waals surface area contributed by atoms with Crippen molar-refractivity contribution in [2.75, 3.05) is 83.2 Å². The molecule has 3 heterocycles. The lowest BCUT2D eigenvalue weighted by Gasteiger charge is -2.54. The van der Waals surface area contributed by atoms with Crippen molar-refractivity contribution < 1.29 is 27.5 Å². The van der Waals surface area contributed by atoms with Crippen molar-refractivity contribution in [3.05, 3.63) is 96.3 Å². The number of likely N-dealkylation sites (N-methyl/N-ethyl adjacent to an activating group) is 1. The first kappa shape index (κ1) is 40.9. The molecule has 0 bridgehead atoms. The van der Waals surface area contributed by atoms with Gasteiger partial charge in [-0.1, -0.05) is 30.7 Å². The number of halogens is 1. The largest absolute Gasteiger partial charge is 0.465 e. The van der Waals surface area contributed by atoms with Crippen molar-refractivity contribution in [3.8, 4) is 0 Å². The first-order valence-electron chi connectivity index (χ1n) is 20.4. The summed E-state index contributed by atoms with van der Waals surface area (Å²) in [6.45, 7) is 8.18. The number of rotatable bonds is 15. The van der Waals surface area contributed by atoms with E-state index in [9.17, 15) is 27.5 Å². The number of likely N-dealkylation sites (tertiary alicyclic amines) is 2. The smallest absolute Gasteiger partial charge is 0.404 e. The zero-order valence-electron chi connectivity index (χ0n) is 33.2. The van der Waals surface area contributed by atoms with Crippen molar-refractivity contribution in [2.45, 2.75) is 59.8 Å². The van der Waals surface area contributed by atoms with Crippen LogP contribution in [-0.4, -0.2) is 119 Å². The number of nitrogens with one attached hydrogen (secondary N) is 2. The summed E-state index contributed by atoms with van der Waals surface area (Å²) in [5.74, 6) is 0.349. The summed E-state index contributed by atoms with van der Waals surface area (Å²) in [6, 6.07) is 20.4. The van der Waals surface area contributed by atoms with Crippen LogP contribution in [0.2, 0.25) is 0 Å². The van der Waals surface area contributed by atoms with Crippen molar-refractivity contribution >= 4 is 33.2 Å². The molecule has 13 heteroatoms. The maximum absolute atomic E-state index is 15.0. The third kappa shape index (κ3) is 9.38. The second-order valence-electron chi connectivity index (χ2n) is 16.8. The topological polar surface area (TPSA) is 126 Å². The molecule has 0 radical (unpaired) electrons. The highest BCUT2D eigenvalue weighted by Gasteiger charge is 2.53. The number of amides is 2. The molecule has 306 valence electrons. The highest BCUT2D eigenvalue weighted by molar-refractivity contribution is 7.91. The summed E-state index contributed by atoms with van der Waals surface area (Å²) in [5.41, 5.74) is 2.08. The summed E-state index contributed by atoms with van der Waals surface area (Å²) in [5, 5.41) is 15.4. The lowest BCUT2D eigenvalue weighted by Crippen LogP contribution is -2.60. The van der Waals surface area contributed by atoms with E-state index in [1.165, 1.54) is 18.2 Å². The molecule has 7 rings (SSSR count). The maximum Gasteiger partial charge on any atom is 0.404 e. The summed E-state index contributed by atoms with van der Waals surface area (Å²) >= 11 is 0. The minimum atomic E-state index is -3.79. The number of sulfone groups is 1. The van der Waals surface area contributed by atoms with Crippen LogP contribution in [0.15, 0.2) is 94.7 Å². The van der Waals surface area contributed by atoms with E-state index in [1.54, 1.807) is 42.5 Å². The molecule has 11 nitrogen and oxygen atoms in total. The average molecular weight is 801 g/mol. The van der Waals surface area contributed by atoms with Gasteiger partial charge in [-0.25, -0.2) is 17.6 Å². The molecule has 4 aliphatic rings. The van der Waals surface area contributed by atoms with Gasteiger partial charge in [0, 0.05) is 67.5 Å². The zero-order chi connectivity index (χ0) is 40.2. The first-order valence-corrected chi connectivity index (χ1v) is 21.9. The van der Waals surface area contributed by atoms with Crippen molar-refractivity contribution in [2.24, 2.45) is 17.8 Å². The fourth-order valence-electron chi connectivity index (χ4n) is 9.85. The Morgan fingerprint density at radius 3 is 2.30 bits per heavy atom. The van der Waals surface area contributed by atoms with Crippen LogP contribution in [0, 0.1) is 23.6 Å². The average Bonchev–Trinajstić information content (AvgIpc) is 3.61. The molecule has 0 spiro atoms.